The van der Waals surface area contributed by atoms with Crippen molar-refractivity contribution in [2.45, 2.75) is 6.18 Å². The molecule has 1 heterocycles. The highest BCUT2D eigenvalue weighted by atomic mass is 19.4. The first-order valence-electron chi connectivity index (χ1n) is 6.20. The van der Waals surface area contributed by atoms with Gasteiger partial charge < -0.3 is 4.98 Å². The summed E-state index contributed by atoms with van der Waals surface area (Å²) in [5.74, 6) is 0. The normalized spacial score (nSPS) is 11.5. The van der Waals surface area contributed by atoms with Crippen molar-refractivity contribution in [2.75, 3.05) is 0 Å². The van der Waals surface area contributed by atoms with Crippen molar-refractivity contribution < 1.29 is 13.2 Å². The minimum atomic E-state index is -4.50. The van der Waals surface area contributed by atoms with Crippen LogP contribution in [0.5, 0.6) is 0 Å². The van der Waals surface area contributed by atoms with E-state index in [0.29, 0.717) is 16.8 Å². The van der Waals surface area contributed by atoms with E-state index in [1.165, 1.54) is 12.1 Å². The summed E-state index contributed by atoms with van der Waals surface area (Å²) >= 11 is 0. The summed E-state index contributed by atoms with van der Waals surface area (Å²) in [6.07, 6.45) is -4.50. The van der Waals surface area contributed by atoms with Crippen LogP contribution in [0.2, 0.25) is 0 Å². The number of hydrogen-bond acceptors (Lipinski definition) is 1. The Morgan fingerprint density at radius 3 is 2.29 bits per heavy atom. The molecule has 0 atom stereocenters. The van der Waals surface area contributed by atoms with E-state index in [2.05, 4.69) is 4.98 Å². The molecule has 0 saturated carbocycles. The van der Waals surface area contributed by atoms with Gasteiger partial charge in [-0.1, -0.05) is 36.4 Å². The zero-order chi connectivity index (χ0) is 15.0. The average molecular weight is 286 g/mol. The minimum Gasteiger partial charge on any atom is -0.353 e. The molecule has 0 amide bonds. The van der Waals surface area contributed by atoms with E-state index >= 15 is 0 Å². The molecule has 0 saturated heterocycles. The van der Waals surface area contributed by atoms with Crippen molar-refractivity contribution in [3.8, 4) is 17.3 Å². The Labute approximate surface area is 118 Å². The van der Waals surface area contributed by atoms with E-state index in [0.717, 1.165) is 6.07 Å². The van der Waals surface area contributed by atoms with E-state index in [1.807, 2.05) is 6.07 Å². The highest BCUT2D eigenvalue weighted by molar-refractivity contribution is 5.96. The molecular formula is C16H9F3N2. The number of alkyl halides is 3. The number of hydrogen-bond donors (Lipinski definition) is 1. The largest absolute Gasteiger partial charge is 0.417 e. The van der Waals surface area contributed by atoms with Crippen LogP contribution in [0.3, 0.4) is 0 Å². The molecule has 0 bridgehead atoms. The van der Waals surface area contributed by atoms with Crippen LogP contribution in [-0.2, 0) is 6.18 Å². The van der Waals surface area contributed by atoms with Gasteiger partial charge in [-0.2, -0.15) is 18.4 Å². The number of nitriles is 1. The summed E-state index contributed by atoms with van der Waals surface area (Å²) < 4.78 is 39.4. The van der Waals surface area contributed by atoms with Gasteiger partial charge in [-0.15, -0.1) is 0 Å². The SMILES string of the molecule is N#Cc1c(-c2ccccc2)[nH]c2cccc(C(F)(F)F)c12. The first kappa shape index (κ1) is 13.3. The third kappa shape index (κ3) is 2.15. The summed E-state index contributed by atoms with van der Waals surface area (Å²) in [7, 11) is 0. The Morgan fingerprint density at radius 1 is 0.952 bits per heavy atom. The number of halogens is 3. The van der Waals surface area contributed by atoms with Crippen LogP contribution < -0.4 is 0 Å². The van der Waals surface area contributed by atoms with Crippen molar-refractivity contribution in [3.63, 3.8) is 0 Å². The molecule has 0 aliphatic heterocycles. The predicted octanol–water partition coefficient (Wildman–Crippen LogP) is 4.73. The molecule has 1 N–H and O–H groups in total. The maximum absolute atomic E-state index is 13.1. The Morgan fingerprint density at radius 2 is 1.67 bits per heavy atom. The zero-order valence-corrected chi connectivity index (χ0v) is 10.7. The van der Waals surface area contributed by atoms with Gasteiger partial charge in [-0.25, -0.2) is 0 Å². The maximum Gasteiger partial charge on any atom is 0.417 e. The molecule has 2 aromatic carbocycles. The third-order valence-electron chi connectivity index (χ3n) is 3.30. The fourth-order valence-corrected chi connectivity index (χ4v) is 2.42. The molecule has 1 aromatic heterocycles. The molecule has 0 fully saturated rings. The molecule has 3 rings (SSSR count). The summed E-state index contributed by atoms with van der Waals surface area (Å²) in [6.45, 7) is 0. The molecule has 0 spiro atoms. The van der Waals surface area contributed by atoms with Gasteiger partial charge in [0.15, 0.2) is 0 Å². The molecular weight excluding hydrogens is 277 g/mol. The summed E-state index contributed by atoms with van der Waals surface area (Å²) in [5.41, 5.74) is 0.613. The first-order chi connectivity index (χ1) is 10.0. The molecule has 0 unspecified atom stereocenters. The third-order valence-corrected chi connectivity index (χ3v) is 3.30. The lowest BCUT2D eigenvalue weighted by molar-refractivity contribution is -0.136. The van der Waals surface area contributed by atoms with Gasteiger partial charge >= 0.3 is 6.18 Å². The Bertz CT molecular complexity index is 840. The Hall–Kier alpha value is -2.74. The quantitative estimate of drug-likeness (QED) is 0.690. The van der Waals surface area contributed by atoms with Crippen molar-refractivity contribution >= 4 is 10.9 Å². The highest BCUT2D eigenvalue weighted by Crippen LogP contribution is 2.39. The van der Waals surface area contributed by atoms with Gasteiger partial charge in [0.25, 0.3) is 0 Å². The summed E-state index contributed by atoms with van der Waals surface area (Å²) in [4.78, 5) is 2.92. The smallest absolute Gasteiger partial charge is 0.353 e. The van der Waals surface area contributed by atoms with E-state index in [9.17, 15) is 18.4 Å². The van der Waals surface area contributed by atoms with E-state index in [4.69, 9.17) is 0 Å². The number of fused-ring (bicyclic) bond motifs is 1. The standard InChI is InChI=1S/C16H9F3N2/c17-16(18,19)12-7-4-8-13-14(12)11(9-20)15(21-13)10-5-2-1-3-6-10/h1-8,21H. The molecule has 5 heteroatoms. The minimum absolute atomic E-state index is 0.0177. The van der Waals surface area contributed by atoms with E-state index in [1.54, 1.807) is 30.3 Å². The molecule has 0 radical (unpaired) electrons. The summed E-state index contributed by atoms with van der Waals surface area (Å²) in [6, 6.07) is 14.6. The second-order valence-electron chi connectivity index (χ2n) is 4.58. The number of benzene rings is 2. The van der Waals surface area contributed by atoms with Crippen LogP contribution >= 0.6 is 0 Å². The predicted molar refractivity (Wildman–Crippen MR) is 73.5 cm³/mol. The van der Waals surface area contributed by atoms with Crippen LogP contribution in [0.4, 0.5) is 13.2 Å². The summed E-state index contributed by atoms with van der Waals surface area (Å²) in [5, 5.41) is 9.24. The molecule has 0 aliphatic rings. The topological polar surface area (TPSA) is 39.6 Å². The van der Waals surface area contributed by atoms with Gasteiger partial charge in [-0.05, 0) is 17.7 Å². The van der Waals surface area contributed by atoms with Crippen LogP contribution in [0.25, 0.3) is 22.2 Å². The van der Waals surface area contributed by atoms with Gasteiger partial charge in [0.2, 0.25) is 0 Å². The van der Waals surface area contributed by atoms with Gasteiger partial charge in [0.05, 0.1) is 16.8 Å². The molecule has 21 heavy (non-hydrogen) atoms. The maximum atomic E-state index is 13.1. The lowest BCUT2D eigenvalue weighted by Crippen LogP contribution is -2.05. The van der Waals surface area contributed by atoms with Crippen LogP contribution in [-0.4, -0.2) is 4.98 Å². The Balaban J connectivity index is 2.39. The molecule has 3 aromatic rings. The van der Waals surface area contributed by atoms with Crippen LogP contribution in [0.1, 0.15) is 11.1 Å². The monoisotopic (exact) mass is 286 g/mol. The van der Waals surface area contributed by atoms with Gasteiger partial charge in [-0.3, -0.25) is 0 Å². The van der Waals surface area contributed by atoms with Crippen molar-refractivity contribution in [1.82, 2.24) is 4.98 Å². The Kier molecular flexibility index (Phi) is 2.95. The second-order valence-corrected chi connectivity index (χ2v) is 4.58. The lowest BCUT2D eigenvalue weighted by atomic mass is 10.0. The van der Waals surface area contributed by atoms with Gasteiger partial charge in [0, 0.05) is 10.9 Å². The van der Waals surface area contributed by atoms with E-state index in [-0.39, 0.29) is 10.9 Å². The number of nitrogens with one attached hydrogen (secondary N) is 1. The number of aromatic nitrogens is 1. The van der Waals surface area contributed by atoms with Crippen LogP contribution in [0, 0.1) is 11.3 Å². The number of H-pyrrole nitrogens is 1. The van der Waals surface area contributed by atoms with Crippen molar-refractivity contribution in [3.05, 3.63) is 59.7 Å². The second kappa shape index (κ2) is 4.67. The number of rotatable bonds is 1. The van der Waals surface area contributed by atoms with Crippen LogP contribution in [0.15, 0.2) is 48.5 Å². The zero-order valence-electron chi connectivity index (χ0n) is 10.7. The van der Waals surface area contributed by atoms with Crippen molar-refractivity contribution in [2.24, 2.45) is 0 Å². The first-order valence-corrected chi connectivity index (χ1v) is 6.20. The number of aromatic amines is 1. The fraction of sp³-hybridized carbons (Fsp3) is 0.0625. The molecule has 0 aliphatic carbocycles. The van der Waals surface area contributed by atoms with Gasteiger partial charge in [0.1, 0.15) is 6.07 Å². The molecule has 104 valence electrons. The van der Waals surface area contributed by atoms with E-state index < -0.39 is 11.7 Å². The lowest BCUT2D eigenvalue weighted by Gasteiger charge is -2.07. The fourth-order valence-electron chi connectivity index (χ4n) is 2.42. The highest BCUT2D eigenvalue weighted by Gasteiger charge is 2.34. The average Bonchev–Trinajstić information content (AvgIpc) is 2.85. The number of nitrogens with zero attached hydrogens (tertiary/aromatic N) is 1. The molecule has 2 nitrogen and oxygen atoms in total. The van der Waals surface area contributed by atoms with Crippen molar-refractivity contribution in [1.29, 1.82) is 5.26 Å².